The Morgan fingerprint density at radius 3 is 2.08 bits per heavy atom. The van der Waals surface area contributed by atoms with Crippen molar-refractivity contribution in [2.24, 2.45) is 0 Å². The molecule has 0 amide bonds. The minimum Gasteiger partial charge on any atom is -0.461 e. The maximum Gasteiger partial charge on any atom is 0.573 e. The number of esters is 1. The van der Waals surface area contributed by atoms with Crippen molar-refractivity contribution in [1.82, 2.24) is 0 Å². The van der Waals surface area contributed by atoms with E-state index in [1.54, 1.807) is 0 Å². The van der Waals surface area contributed by atoms with Crippen LogP contribution in [-0.2, 0) is 22.6 Å². The van der Waals surface area contributed by atoms with Gasteiger partial charge in [0.1, 0.15) is 12.4 Å². The van der Waals surface area contributed by atoms with E-state index >= 15 is 0 Å². The van der Waals surface area contributed by atoms with Gasteiger partial charge >= 0.3 is 12.3 Å². The molecule has 0 unspecified atom stereocenters. The number of hydrogen-bond donors (Lipinski definition) is 0. The molecule has 9 heteroatoms. The molecule has 0 N–H and O–H groups in total. The van der Waals surface area contributed by atoms with Crippen LogP contribution >= 0.6 is 0 Å². The Bertz CT molecular complexity index is 742. The summed E-state index contributed by atoms with van der Waals surface area (Å²) in [6, 6.07) is 10.4. The quantitative estimate of drug-likeness (QED) is 0.448. The fraction of sp³-hybridized carbons (Fsp3) is 0.188. The van der Waals surface area contributed by atoms with Crippen molar-refractivity contribution in [3.05, 3.63) is 69.8 Å². The van der Waals surface area contributed by atoms with Crippen LogP contribution < -0.4 is 4.74 Å². The first kappa shape index (κ1) is 18.2. The number of nitro groups is 1. The summed E-state index contributed by atoms with van der Waals surface area (Å²) in [6.45, 7) is -0.0634. The number of hydrogen-bond acceptors (Lipinski definition) is 5. The van der Waals surface area contributed by atoms with E-state index in [1.165, 1.54) is 36.4 Å². The largest absolute Gasteiger partial charge is 0.573 e. The highest BCUT2D eigenvalue weighted by Crippen LogP contribution is 2.23. The van der Waals surface area contributed by atoms with Gasteiger partial charge in [0, 0.05) is 12.1 Å². The molecule has 0 aliphatic carbocycles. The Hall–Kier alpha value is -3.10. The van der Waals surface area contributed by atoms with E-state index in [4.69, 9.17) is 4.74 Å². The van der Waals surface area contributed by atoms with Crippen molar-refractivity contribution in [2.75, 3.05) is 0 Å². The summed E-state index contributed by atoms with van der Waals surface area (Å²) in [5, 5.41) is 10.5. The van der Waals surface area contributed by atoms with Gasteiger partial charge < -0.3 is 9.47 Å². The van der Waals surface area contributed by atoms with Crippen molar-refractivity contribution in [1.29, 1.82) is 0 Å². The summed E-state index contributed by atoms with van der Waals surface area (Å²) < 4.78 is 44.9. The topological polar surface area (TPSA) is 78.7 Å². The van der Waals surface area contributed by atoms with E-state index in [-0.39, 0.29) is 24.5 Å². The number of ether oxygens (including phenoxy) is 2. The van der Waals surface area contributed by atoms with E-state index in [9.17, 15) is 28.1 Å². The molecular weight excluding hydrogens is 343 g/mol. The highest BCUT2D eigenvalue weighted by atomic mass is 19.4. The standard InChI is InChI=1S/C16H12F3NO5/c17-16(18,19)25-14-7-3-11(4-8-14)9-15(21)24-10-12-1-5-13(6-2-12)20(22)23/h1-8H,9-10H2. The first-order valence-corrected chi connectivity index (χ1v) is 6.96. The Kier molecular flexibility index (Phi) is 5.58. The van der Waals surface area contributed by atoms with E-state index in [0.717, 1.165) is 12.1 Å². The second-order valence-corrected chi connectivity index (χ2v) is 4.95. The third-order valence-electron chi connectivity index (χ3n) is 3.05. The molecule has 0 aliphatic rings. The van der Waals surface area contributed by atoms with Crippen LogP contribution in [-0.4, -0.2) is 17.3 Å². The number of carbonyl (C=O) groups is 1. The molecule has 0 saturated heterocycles. The Morgan fingerprint density at radius 2 is 1.56 bits per heavy atom. The first-order chi connectivity index (χ1) is 11.7. The molecule has 0 heterocycles. The van der Waals surface area contributed by atoms with Crippen LogP contribution in [0.1, 0.15) is 11.1 Å². The molecule has 2 rings (SSSR count). The number of halogens is 3. The summed E-state index contributed by atoms with van der Waals surface area (Å²) in [6.07, 6.45) is -4.90. The lowest BCUT2D eigenvalue weighted by Crippen LogP contribution is -2.17. The highest BCUT2D eigenvalue weighted by Gasteiger charge is 2.30. The Morgan fingerprint density at radius 1 is 1.00 bits per heavy atom. The second-order valence-electron chi connectivity index (χ2n) is 4.95. The molecule has 0 fully saturated rings. The van der Waals surface area contributed by atoms with E-state index in [2.05, 4.69) is 4.74 Å². The number of non-ortho nitro benzene ring substituents is 1. The van der Waals surface area contributed by atoms with Crippen molar-refractivity contribution >= 4 is 11.7 Å². The van der Waals surface area contributed by atoms with Gasteiger partial charge in [0.05, 0.1) is 11.3 Å². The zero-order chi connectivity index (χ0) is 18.4. The number of benzene rings is 2. The molecule has 2 aromatic rings. The van der Waals surface area contributed by atoms with E-state index in [1.807, 2.05) is 0 Å². The van der Waals surface area contributed by atoms with Gasteiger partial charge in [0.15, 0.2) is 0 Å². The summed E-state index contributed by atoms with van der Waals surface area (Å²) in [7, 11) is 0. The van der Waals surface area contributed by atoms with Gasteiger partial charge in [0.25, 0.3) is 5.69 Å². The van der Waals surface area contributed by atoms with Gasteiger partial charge in [-0.3, -0.25) is 14.9 Å². The highest BCUT2D eigenvalue weighted by molar-refractivity contribution is 5.72. The van der Waals surface area contributed by atoms with Crippen LogP contribution in [0.25, 0.3) is 0 Å². The van der Waals surface area contributed by atoms with Crippen LogP contribution in [0.2, 0.25) is 0 Å². The van der Waals surface area contributed by atoms with Crippen molar-refractivity contribution in [2.45, 2.75) is 19.4 Å². The van der Waals surface area contributed by atoms with Crippen molar-refractivity contribution < 1.29 is 32.4 Å². The van der Waals surface area contributed by atoms with E-state index in [0.29, 0.717) is 11.1 Å². The van der Waals surface area contributed by atoms with Crippen LogP contribution in [0.3, 0.4) is 0 Å². The average molecular weight is 355 g/mol. The minimum atomic E-state index is -4.77. The second kappa shape index (κ2) is 7.65. The van der Waals surface area contributed by atoms with Crippen LogP contribution in [0.4, 0.5) is 18.9 Å². The molecule has 0 saturated carbocycles. The number of nitro benzene ring substituents is 1. The molecule has 2 aromatic carbocycles. The molecular formula is C16H12F3NO5. The van der Waals surface area contributed by atoms with Gasteiger partial charge in [-0.25, -0.2) is 0 Å². The number of nitrogens with zero attached hydrogens (tertiary/aromatic N) is 1. The maximum atomic E-state index is 12.0. The van der Waals surface area contributed by atoms with Gasteiger partial charge in [-0.05, 0) is 35.4 Å². The predicted molar refractivity (Wildman–Crippen MR) is 79.7 cm³/mol. The summed E-state index contributed by atoms with van der Waals surface area (Å²) in [5.74, 6) is -0.960. The normalized spacial score (nSPS) is 11.0. The monoisotopic (exact) mass is 355 g/mol. The van der Waals surface area contributed by atoms with Gasteiger partial charge in [0.2, 0.25) is 0 Å². The van der Waals surface area contributed by atoms with Crippen LogP contribution in [0.5, 0.6) is 5.75 Å². The Labute approximate surface area is 139 Å². The van der Waals surface area contributed by atoms with Crippen molar-refractivity contribution in [3.63, 3.8) is 0 Å². The van der Waals surface area contributed by atoms with Gasteiger partial charge in [-0.1, -0.05) is 12.1 Å². The third kappa shape index (κ3) is 6.13. The number of alkyl halides is 3. The molecule has 0 atom stereocenters. The predicted octanol–water partition coefficient (Wildman–Crippen LogP) is 3.78. The number of rotatable bonds is 6. The number of carbonyl (C=O) groups excluding carboxylic acids is 1. The lowest BCUT2D eigenvalue weighted by molar-refractivity contribution is -0.384. The average Bonchev–Trinajstić information content (AvgIpc) is 2.54. The lowest BCUT2D eigenvalue weighted by Gasteiger charge is -2.09. The molecule has 0 aliphatic heterocycles. The molecule has 132 valence electrons. The molecule has 25 heavy (non-hydrogen) atoms. The molecule has 0 aromatic heterocycles. The Balaban J connectivity index is 1.84. The van der Waals surface area contributed by atoms with Gasteiger partial charge in [-0.15, -0.1) is 13.2 Å². The van der Waals surface area contributed by atoms with Crippen LogP contribution in [0.15, 0.2) is 48.5 Å². The van der Waals surface area contributed by atoms with Crippen molar-refractivity contribution in [3.8, 4) is 5.75 Å². The molecule has 0 spiro atoms. The maximum absolute atomic E-state index is 12.0. The zero-order valence-electron chi connectivity index (χ0n) is 12.7. The lowest BCUT2D eigenvalue weighted by atomic mass is 10.1. The minimum absolute atomic E-state index is 0.0634. The summed E-state index contributed by atoms with van der Waals surface area (Å²) in [4.78, 5) is 21.7. The summed E-state index contributed by atoms with van der Waals surface area (Å²) >= 11 is 0. The van der Waals surface area contributed by atoms with E-state index < -0.39 is 17.3 Å². The fourth-order valence-corrected chi connectivity index (χ4v) is 1.90. The zero-order valence-corrected chi connectivity index (χ0v) is 12.7. The van der Waals surface area contributed by atoms with Gasteiger partial charge in [-0.2, -0.15) is 0 Å². The fourth-order valence-electron chi connectivity index (χ4n) is 1.90. The molecule has 6 nitrogen and oxygen atoms in total. The molecule has 0 radical (unpaired) electrons. The third-order valence-corrected chi connectivity index (χ3v) is 3.05. The smallest absolute Gasteiger partial charge is 0.461 e. The summed E-state index contributed by atoms with van der Waals surface area (Å²) in [5.41, 5.74) is 0.965. The molecule has 0 bridgehead atoms. The SMILES string of the molecule is O=C(Cc1ccc(OC(F)(F)F)cc1)OCc1ccc([N+](=O)[O-])cc1. The van der Waals surface area contributed by atoms with Crippen LogP contribution in [0, 0.1) is 10.1 Å². The first-order valence-electron chi connectivity index (χ1n) is 6.96.